The van der Waals surface area contributed by atoms with E-state index < -0.39 is 27.1 Å². The molecular formula is C36H25ClFN3O4S. The van der Waals surface area contributed by atoms with Gasteiger partial charge in [-0.3, -0.25) is 0 Å². The van der Waals surface area contributed by atoms with E-state index in [1.54, 1.807) is 48.5 Å². The lowest BCUT2D eigenvalue weighted by Crippen LogP contribution is -2.32. The van der Waals surface area contributed by atoms with E-state index in [0.29, 0.717) is 29.0 Å². The van der Waals surface area contributed by atoms with E-state index in [1.165, 1.54) is 34.3 Å². The van der Waals surface area contributed by atoms with Crippen molar-refractivity contribution in [2.75, 3.05) is 0 Å². The summed E-state index contributed by atoms with van der Waals surface area (Å²) in [6, 6.07) is 24.2. The maximum absolute atomic E-state index is 15.0. The van der Waals surface area contributed by atoms with Gasteiger partial charge in [-0.15, -0.1) is 0 Å². The fraction of sp³-hybridized carbons (Fsp3) is 0.194. The normalized spacial score (nSPS) is 18.8. The molecule has 46 heavy (non-hydrogen) atoms. The van der Waals surface area contributed by atoms with Gasteiger partial charge in [0.25, 0.3) is 0 Å². The second kappa shape index (κ2) is 11.1. The first-order valence-electron chi connectivity index (χ1n) is 14.8. The zero-order valence-electron chi connectivity index (χ0n) is 24.2. The number of halogens is 2. The molecule has 5 aromatic rings. The molecule has 2 aliphatic carbocycles. The third-order valence-corrected chi connectivity index (χ3v) is 12.0. The maximum Gasteiger partial charge on any atom is 0.335 e. The zero-order chi connectivity index (χ0) is 32.3. The van der Waals surface area contributed by atoms with E-state index in [9.17, 15) is 28.8 Å². The highest BCUT2D eigenvalue weighted by atomic mass is 35.5. The van der Waals surface area contributed by atoms with Crippen LogP contribution in [0.2, 0.25) is 5.02 Å². The average molecular weight is 650 g/mol. The minimum absolute atomic E-state index is 0.00292. The third-order valence-electron chi connectivity index (χ3n) is 9.42. The van der Waals surface area contributed by atoms with Gasteiger partial charge in [0.15, 0.2) is 0 Å². The minimum Gasteiger partial charge on any atom is -0.478 e. The quantitative estimate of drug-likeness (QED) is 0.198. The van der Waals surface area contributed by atoms with Gasteiger partial charge in [-0.25, -0.2) is 21.6 Å². The zero-order valence-corrected chi connectivity index (χ0v) is 25.8. The molecule has 0 radical (unpaired) electrons. The largest absolute Gasteiger partial charge is 0.478 e. The lowest BCUT2D eigenvalue weighted by Gasteiger charge is -2.24. The fourth-order valence-electron chi connectivity index (χ4n) is 7.42. The van der Waals surface area contributed by atoms with Crippen molar-refractivity contribution in [1.29, 1.82) is 10.5 Å². The number of fused-ring (bicyclic) bond motifs is 3. The third kappa shape index (κ3) is 4.67. The van der Waals surface area contributed by atoms with Crippen LogP contribution >= 0.6 is 11.6 Å². The van der Waals surface area contributed by atoms with Crippen molar-refractivity contribution in [3.63, 3.8) is 0 Å². The van der Waals surface area contributed by atoms with Crippen LogP contribution in [0.15, 0.2) is 78.9 Å². The Hall–Kier alpha value is -4.96. The molecule has 0 aliphatic heterocycles. The Balaban J connectivity index is 1.59. The summed E-state index contributed by atoms with van der Waals surface area (Å²) in [5, 5.41) is 29.6. The molecular weight excluding hydrogens is 625 g/mol. The highest BCUT2D eigenvalue weighted by Crippen LogP contribution is 2.51. The Morgan fingerprint density at radius 3 is 2.24 bits per heavy atom. The molecule has 3 unspecified atom stereocenters. The fourth-order valence-corrected chi connectivity index (χ4v) is 10.1. The first-order valence-corrected chi connectivity index (χ1v) is 16.7. The van der Waals surface area contributed by atoms with E-state index >= 15 is 4.39 Å². The van der Waals surface area contributed by atoms with Gasteiger partial charge in [-0.1, -0.05) is 48.4 Å². The molecule has 0 spiro atoms. The molecule has 7 nitrogen and oxygen atoms in total. The van der Waals surface area contributed by atoms with E-state index in [0.717, 1.165) is 19.3 Å². The number of carbonyl (C=O) groups is 1. The van der Waals surface area contributed by atoms with Crippen LogP contribution in [-0.4, -0.2) is 28.7 Å². The van der Waals surface area contributed by atoms with Crippen LogP contribution < -0.4 is 0 Å². The molecule has 228 valence electrons. The highest BCUT2D eigenvalue weighted by Gasteiger charge is 2.48. The highest BCUT2D eigenvalue weighted by molar-refractivity contribution is 7.90. The standard InChI is InChI=1S/C36H25ClFN3O4S/c37-30-16-24(36(42)43)9-11-28(30)21-3-1-4-23(15-21)35-34(33-25(18-39)5-2-6-26(33)19-40)29-17-27(38)10-12-31(29)41(35)46(44,45)32-14-20-7-8-22(32)13-20/h1-6,9-12,15-17,20,22,32H,7-8,13-14H2,(H,42,43). The van der Waals surface area contributed by atoms with Crippen molar-refractivity contribution in [2.45, 2.75) is 30.9 Å². The number of rotatable bonds is 6. The van der Waals surface area contributed by atoms with Crippen LogP contribution in [-0.2, 0) is 10.0 Å². The Bertz CT molecular complexity index is 2270. The van der Waals surface area contributed by atoms with Crippen molar-refractivity contribution in [3.05, 3.63) is 106 Å². The van der Waals surface area contributed by atoms with Crippen LogP contribution in [0.3, 0.4) is 0 Å². The number of aromatic carboxylic acids is 1. The number of carboxylic acids is 1. The Morgan fingerprint density at radius 2 is 1.61 bits per heavy atom. The monoisotopic (exact) mass is 649 g/mol. The van der Waals surface area contributed by atoms with Crippen LogP contribution in [0.4, 0.5) is 4.39 Å². The SMILES string of the molecule is N#Cc1cccc(C#N)c1-c1c(-c2cccc(-c3ccc(C(=O)O)cc3Cl)c2)n(S(=O)(=O)C2CC3CCC2C3)c2ccc(F)cc12. The van der Waals surface area contributed by atoms with Gasteiger partial charge < -0.3 is 5.11 Å². The van der Waals surface area contributed by atoms with E-state index in [-0.39, 0.29) is 55.4 Å². The topological polar surface area (TPSA) is 124 Å². The molecule has 2 saturated carbocycles. The summed E-state index contributed by atoms with van der Waals surface area (Å²) in [7, 11) is -4.08. The molecule has 2 bridgehead atoms. The molecule has 4 aromatic carbocycles. The molecule has 1 heterocycles. The van der Waals surface area contributed by atoms with Crippen LogP contribution in [0.25, 0.3) is 44.4 Å². The van der Waals surface area contributed by atoms with Gasteiger partial charge in [-0.05, 0) is 85.2 Å². The Morgan fingerprint density at radius 1 is 0.891 bits per heavy atom. The molecule has 7 rings (SSSR count). The minimum atomic E-state index is -4.08. The number of hydrogen-bond donors (Lipinski definition) is 1. The van der Waals surface area contributed by atoms with Gasteiger partial charge in [0.1, 0.15) is 5.82 Å². The summed E-state index contributed by atoms with van der Waals surface area (Å²) in [5.41, 5.74) is 2.79. The first kappa shape index (κ1) is 29.7. The molecule has 10 heteroatoms. The van der Waals surface area contributed by atoms with Crippen molar-refractivity contribution in [1.82, 2.24) is 3.97 Å². The predicted molar refractivity (Wildman–Crippen MR) is 173 cm³/mol. The van der Waals surface area contributed by atoms with Crippen molar-refractivity contribution >= 4 is 38.5 Å². The molecule has 0 saturated heterocycles. The molecule has 1 N–H and O–H groups in total. The summed E-state index contributed by atoms with van der Waals surface area (Å²) in [6.45, 7) is 0. The van der Waals surface area contributed by atoms with Crippen LogP contribution in [0.5, 0.6) is 0 Å². The van der Waals surface area contributed by atoms with E-state index in [4.69, 9.17) is 11.6 Å². The van der Waals surface area contributed by atoms with Crippen molar-refractivity contribution < 1.29 is 22.7 Å². The Kier molecular flexibility index (Phi) is 7.20. The van der Waals surface area contributed by atoms with E-state index in [2.05, 4.69) is 12.1 Å². The number of carboxylic acid groups (broad SMARTS) is 1. The predicted octanol–water partition coefficient (Wildman–Crippen LogP) is 8.24. The second-order valence-corrected chi connectivity index (χ2v) is 14.3. The molecule has 2 fully saturated rings. The van der Waals surface area contributed by atoms with Gasteiger partial charge in [0.2, 0.25) is 10.0 Å². The summed E-state index contributed by atoms with van der Waals surface area (Å²) in [5.74, 6) is -1.39. The number of benzene rings is 4. The number of hydrogen-bond acceptors (Lipinski definition) is 5. The smallest absolute Gasteiger partial charge is 0.335 e. The summed E-state index contributed by atoms with van der Waals surface area (Å²) in [6.07, 6.45) is 3.19. The van der Waals surface area contributed by atoms with E-state index in [1.807, 2.05) is 0 Å². The van der Waals surface area contributed by atoms with Crippen molar-refractivity contribution in [2.24, 2.45) is 11.8 Å². The lowest BCUT2D eigenvalue weighted by molar-refractivity contribution is 0.0697. The molecule has 2 aliphatic rings. The summed E-state index contributed by atoms with van der Waals surface area (Å²) in [4.78, 5) is 11.5. The van der Waals surface area contributed by atoms with Gasteiger partial charge in [0, 0.05) is 32.7 Å². The first-order chi connectivity index (χ1) is 22.1. The van der Waals surface area contributed by atoms with Gasteiger partial charge in [-0.2, -0.15) is 10.5 Å². The van der Waals surface area contributed by atoms with Gasteiger partial charge in [0.05, 0.1) is 45.3 Å². The van der Waals surface area contributed by atoms with Crippen LogP contribution in [0.1, 0.15) is 47.2 Å². The number of nitrogens with zero attached hydrogens (tertiary/aromatic N) is 3. The number of nitriles is 2. The summed E-state index contributed by atoms with van der Waals surface area (Å²) >= 11 is 6.54. The molecule has 3 atom stereocenters. The summed E-state index contributed by atoms with van der Waals surface area (Å²) < 4.78 is 46.0. The van der Waals surface area contributed by atoms with Gasteiger partial charge >= 0.3 is 5.97 Å². The van der Waals surface area contributed by atoms with Crippen molar-refractivity contribution in [3.8, 4) is 45.6 Å². The average Bonchev–Trinajstić information content (AvgIpc) is 3.78. The molecule has 1 aromatic heterocycles. The Labute approximate surface area is 269 Å². The lowest BCUT2D eigenvalue weighted by atomic mass is 9.90. The second-order valence-electron chi connectivity index (χ2n) is 11.9. The number of aromatic nitrogens is 1. The molecule has 0 amide bonds. The maximum atomic E-state index is 15.0. The van der Waals surface area contributed by atoms with Crippen LogP contribution in [0, 0.1) is 40.3 Å².